The van der Waals surface area contributed by atoms with Crippen LogP contribution in [-0.2, 0) is 19.6 Å². The van der Waals surface area contributed by atoms with Crippen LogP contribution in [0.4, 0.5) is 5.69 Å². The normalized spacial score (nSPS) is 10.4. The lowest BCUT2D eigenvalue weighted by atomic mass is 10.1. The molecule has 0 aliphatic carbocycles. The van der Waals surface area contributed by atoms with Gasteiger partial charge in [0.15, 0.2) is 0 Å². The first-order valence-electron chi connectivity index (χ1n) is 7.62. The fourth-order valence-electron chi connectivity index (χ4n) is 2.44. The molecule has 5 heteroatoms. The molecule has 2 aromatic rings. The zero-order valence-electron chi connectivity index (χ0n) is 14.0. The molecule has 0 spiro atoms. The standard InChI is InChI=1S/C18H23N5/c1-22(2)18-10-8-17(9-11-18)14-23(3)13-16-6-4-15(5-7-16)12-20-21-19/h4-11H,12-14H2,1-3H3. The van der Waals surface area contributed by atoms with E-state index in [2.05, 4.69) is 63.3 Å². The first kappa shape index (κ1) is 16.9. The quantitative estimate of drug-likeness (QED) is 0.437. The Bertz CT molecular complexity index is 655. The number of anilines is 1. The predicted octanol–water partition coefficient (Wildman–Crippen LogP) is 4.19. The maximum absolute atomic E-state index is 8.34. The van der Waals surface area contributed by atoms with Crippen molar-refractivity contribution in [1.29, 1.82) is 0 Å². The fourth-order valence-corrected chi connectivity index (χ4v) is 2.44. The summed E-state index contributed by atoms with van der Waals surface area (Å²) in [5.74, 6) is 0. The Hall–Kier alpha value is -2.49. The number of hydrogen-bond donors (Lipinski definition) is 0. The number of nitrogens with zero attached hydrogens (tertiary/aromatic N) is 5. The number of benzene rings is 2. The smallest absolute Gasteiger partial charge is 0.0510 e. The van der Waals surface area contributed by atoms with Crippen molar-refractivity contribution in [3.63, 3.8) is 0 Å². The second-order valence-corrected chi connectivity index (χ2v) is 5.94. The van der Waals surface area contributed by atoms with Gasteiger partial charge in [0.1, 0.15) is 0 Å². The summed E-state index contributed by atoms with van der Waals surface area (Å²) in [6, 6.07) is 16.9. The summed E-state index contributed by atoms with van der Waals surface area (Å²) in [5.41, 5.74) is 13.1. The van der Waals surface area contributed by atoms with E-state index in [-0.39, 0.29) is 0 Å². The van der Waals surface area contributed by atoms with E-state index >= 15 is 0 Å². The van der Waals surface area contributed by atoms with Gasteiger partial charge in [0.2, 0.25) is 0 Å². The van der Waals surface area contributed by atoms with Crippen LogP contribution >= 0.6 is 0 Å². The van der Waals surface area contributed by atoms with E-state index < -0.39 is 0 Å². The molecule has 23 heavy (non-hydrogen) atoms. The lowest BCUT2D eigenvalue weighted by Gasteiger charge is -2.18. The van der Waals surface area contributed by atoms with E-state index in [4.69, 9.17) is 5.53 Å². The molecule has 0 fully saturated rings. The van der Waals surface area contributed by atoms with Gasteiger partial charge in [0, 0.05) is 37.8 Å². The molecule has 0 aliphatic heterocycles. The molecule has 0 saturated carbocycles. The van der Waals surface area contributed by atoms with Crippen LogP contribution < -0.4 is 4.90 Å². The van der Waals surface area contributed by atoms with Gasteiger partial charge in [-0.1, -0.05) is 41.5 Å². The van der Waals surface area contributed by atoms with E-state index in [9.17, 15) is 0 Å². The van der Waals surface area contributed by atoms with Gasteiger partial charge in [-0.2, -0.15) is 0 Å². The van der Waals surface area contributed by atoms with E-state index in [1.165, 1.54) is 16.8 Å². The average Bonchev–Trinajstić information content (AvgIpc) is 2.54. The molecule has 0 amide bonds. The number of rotatable bonds is 7. The van der Waals surface area contributed by atoms with Crippen molar-refractivity contribution >= 4 is 5.69 Å². The van der Waals surface area contributed by atoms with Crippen molar-refractivity contribution in [2.45, 2.75) is 19.6 Å². The third-order valence-corrected chi connectivity index (χ3v) is 3.70. The third kappa shape index (κ3) is 5.33. The highest BCUT2D eigenvalue weighted by Gasteiger charge is 2.03. The highest BCUT2D eigenvalue weighted by atomic mass is 15.1. The topological polar surface area (TPSA) is 55.2 Å². The molecule has 120 valence electrons. The first-order chi connectivity index (χ1) is 11.1. The summed E-state index contributed by atoms with van der Waals surface area (Å²) >= 11 is 0. The Balaban J connectivity index is 1.91. The first-order valence-corrected chi connectivity index (χ1v) is 7.62. The molecule has 0 aliphatic rings. The third-order valence-electron chi connectivity index (χ3n) is 3.70. The van der Waals surface area contributed by atoms with Crippen LogP contribution in [0.1, 0.15) is 16.7 Å². The van der Waals surface area contributed by atoms with Crippen LogP contribution in [0.5, 0.6) is 0 Å². The van der Waals surface area contributed by atoms with Crippen molar-refractivity contribution in [2.75, 3.05) is 26.0 Å². The average molecular weight is 309 g/mol. The Morgan fingerprint density at radius 1 is 0.826 bits per heavy atom. The molecule has 0 heterocycles. The largest absolute Gasteiger partial charge is 0.378 e. The summed E-state index contributed by atoms with van der Waals surface area (Å²) in [4.78, 5) is 7.17. The van der Waals surface area contributed by atoms with E-state index in [0.717, 1.165) is 18.7 Å². The van der Waals surface area contributed by atoms with Crippen LogP contribution in [0.25, 0.3) is 10.4 Å². The summed E-state index contributed by atoms with van der Waals surface area (Å²) in [6.07, 6.45) is 0. The van der Waals surface area contributed by atoms with Gasteiger partial charge >= 0.3 is 0 Å². The Kier molecular flexibility index (Phi) is 6.03. The van der Waals surface area contributed by atoms with Crippen molar-refractivity contribution in [2.24, 2.45) is 5.11 Å². The summed E-state index contributed by atoms with van der Waals surface area (Å²) in [6.45, 7) is 2.20. The minimum Gasteiger partial charge on any atom is -0.378 e. The van der Waals surface area contributed by atoms with Gasteiger partial charge in [0.05, 0.1) is 6.54 Å². The molecular formula is C18H23N5. The minimum atomic E-state index is 0.408. The van der Waals surface area contributed by atoms with E-state index in [0.29, 0.717) is 6.54 Å². The highest BCUT2D eigenvalue weighted by Crippen LogP contribution is 2.15. The van der Waals surface area contributed by atoms with Crippen molar-refractivity contribution < 1.29 is 0 Å². The molecule has 5 nitrogen and oxygen atoms in total. The second kappa shape index (κ2) is 8.22. The monoisotopic (exact) mass is 309 g/mol. The second-order valence-electron chi connectivity index (χ2n) is 5.94. The maximum atomic E-state index is 8.34. The zero-order valence-corrected chi connectivity index (χ0v) is 14.0. The SMILES string of the molecule is CN(Cc1ccc(CN=[N+]=[N-])cc1)Cc1ccc(N(C)C)cc1. The molecule has 2 rings (SSSR count). The number of hydrogen-bond acceptors (Lipinski definition) is 3. The fraction of sp³-hybridized carbons (Fsp3) is 0.333. The molecule has 0 aromatic heterocycles. The molecular weight excluding hydrogens is 286 g/mol. The molecule has 0 radical (unpaired) electrons. The van der Waals surface area contributed by atoms with Crippen LogP contribution in [0.15, 0.2) is 53.6 Å². The van der Waals surface area contributed by atoms with Gasteiger partial charge in [-0.05, 0) is 41.4 Å². The van der Waals surface area contributed by atoms with E-state index in [1.807, 2.05) is 26.2 Å². The Morgan fingerprint density at radius 2 is 1.30 bits per heavy atom. The minimum absolute atomic E-state index is 0.408. The molecule has 0 unspecified atom stereocenters. The molecule has 0 saturated heterocycles. The lowest BCUT2D eigenvalue weighted by Crippen LogP contribution is -2.17. The van der Waals surface area contributed by atoms with Gasteiger partial charge in [-0.3, -0.25) is 4.90 Å². The lowest BCUT2D eigenvalue weighted by molar-refractivity contribution is 0.319. The summed E-state index contributed by atoms with van der Waals surface area (Å²) < 4.78 is 0. The van der Waals surface area contributed by atoms with Crippen LogP contribution in [0.3, 0.4) is 0 Å². The summed E-state index contributed by atoms with van der Waals surface area (Å²) in [7, 11) is 6.22. The van der Waals surface area contributed by atoms with Crippen molar-refractivity contribution in [1.82, 2.24) is 4.90 Å². The molecule has 0 N–H and O–H groups in total. The van der Waals surface area contributed by atoms with Crippen LogP contribution in [-0.4, -0.2) is 26.0 Å². The molecule has 2 aromatic carbocycles. The highest BCUT2D eigenvalue weighted by molar-refractivity contribution is 5.45. The van der Waals surface area contributed by atoms with Gasteiger partial charge in [-0.15, -0.1) is 0 Å². The summed E-state index contributed by atoms with van der Waals surface area (Å²) in [5, 5.41) is 3.57. The Labute approximate surface area is 137 Å². The maximum Gasteiger partial charge on any atom is 0.0510 e. The Morgan fingerprint density at radius 3 is 1.78 bits per heavy atom. The molecule has 0 bridgehead atoms. The van der Waals surface area contributed by atoms with Gasteiger partial charge in [-0.25, -0.2) is 0 Å². The van der Waals surface area contributed by atoms with E-state index in [1.54, 1.807) is 0 Å². The number of azide groups is 1. The van der Waals surface area contributed by atoms with Crippen LogP contribution in [0.2, 0.25) is 0 Å². The van der Waals surface area contributed by atoms with Crippen molar-refractivity contribution in [3.8, 4) is 0 Å². The van der Waals surface area contributed by atoms with Crippen LogP contribution in [0, 0.1) is 0 Å². The van der Waals surface area contributed by atoms with Crippen molar-refractivity contribution in [3.05, 3.63) is 75.7 Å². The van der Waals surface area contributed by atoms with Gasteiger partial charge < -0.3 is 4.90 Å². The predicted molar refractivity (Wildman–Crippen MR) is 95.2 cm³/mol. The zero-order chi connectivity index (χ0) is 16.7. The molecule has 0 atom stereocenters. The van der Waals surface area contributed by atoms with Gasteiger partial charge in [0.25, 0.3) is 0 Å².